The zero-order chi connectivity index (χ0) is 16.8. The number of halogens is 2. The zero-order valence-electron chi connectivity index (χ0n) is 12.8. The van der Waals surface area contributed by atoms with Crippen LogP contribution >= 0.6 is 23.2 Å². The molecule has 2 aromatic rings. The van der Waals surface area contributed by atoms with E-state index >= 15 is 0 Å². The highest BCUT2D eigenvalue weighted by Crippen LogP contribution is 2.29. The monoisotopic (exact) mass is 349 g/mol. The number of amides is 1. The summed E-state index contributed by atoms with van der Waals surface area (Å²) in [4.78, 5) is 12.0. The summed E-state index contributed by atoms with van der Waals surface area (Å²) in [5.74, 6) is 0.477. The van der Waals surface area contributed by atoms with E-state index in [9.17, 15) is 4.79 Å². The average Bonchev–Trinajstić information content (AvgIpc) is 2.50. The molecule has 0 heterocycles. The first-order chi connectivity index (χ1) is 11.0. The van der Waals surface area contributed by atoms with Crippen LogP contribution in [0.4, 0.5) is 5.69 Å². The lowest BCUT2D eigenvalue weighted by Gasteiger charge is -2.09. The summed E-state index contributed by atoms with van der Waals surface area (Å²) in [6.45, 7) is 3.93. The van der Waals surface area contributed by atoms with Crippen molar-refractivity contribution in [3.05, 3.63) is 64.1 Å². The van der Waals surface area contributed by atoms with Crippen LogP contribution in [0.2, 0.25) is 10.0 Å². The molecule has 0 aliphatic heterocycles. The van der Waals surface area contributed by atoms with Crippen molar-refractivity contribution in [1.82, 2.24) is 0 Å². The molecule has 5 heteroatoms. The second-order valence-electron chi connectivity index (χ2n) is 5.16. The molecule has 2 aromatic carbocycles. The third-order valence-corrected chi connectivity index (χ3v) is 3.69. The van der Waals surface area contributed by atoms with Crippen LogP contribution < -0.4 is 10.1 Å². The van der Waals surface area contributed by atoms with Gasteiger partial charge in [-0.3, -0.25) is 4.79 Å². The Hall–Kier alpha value is -1.97. The van der Waals surface area contributed by atoms with Crippen LogP contribution in [0.5, 0.6) is 5.75 Å². The highest BCUT2D eigenvalue weighted by atomic mass is 35.5. The van der Waals surface area contributed by atoms with Crippen molar-refractivity contribution in [3.63, 3.8) is 0 Å². The van der Waals surface area contributed by atoms with Crippen LogP contribution in [0.25, 0.3) is 6.08 Å². The minimum atomic E-state index is -0.288. The maximum Gasteiger partial charge on any atom is 0.248 e. The van der Waals surface area contributed by atoms with Gasteiger partial charge in [0.1, 0.15) is 5.75 Å². The largest absolute Gasteiger partial charge is 0.491 e. The molecule has 0 aliphatic carbocycles. The van der Waals surface area contributed by atoms with Gasteiger partial charge in [-0.05, 0) is 49.8 Å². The molecular formula is C18H17Cl2NO2. The van der Waals surface area contributed by atoms with Crippen LogP contribution in [0.15, 0.2) is 48.5 Å². The topological polar surface area (TPSA) is 38.3 Å². The Bertz CT molecular complexity index is 727. The molecule has 0 atom stereocenters. The fraction of sp³-hybridized carbons (Fsp3) is 0.167. The molecule has 23 heavy (non-hydrogen) atoms. The number of benzene rings is 2. The Morgan fingerprint density at radius 1 is 1.17 bits per heavy atom. The number of rotatable bonds is 5. The van der Waals surface area contributed by atoms with E-state index in [1.54, 1.807) is 24.3 Å². The normalized spacial score (nSPS) is 11.0. The Morgan fingerprint density at radius 2 is 1.91 bits per heavy atom. The Kier molecular flexibility index (Phi) is 6.08. The molecule has 0 radical (unpaired) electrons. The van der Waals surface area contributed by atoms with Gasteiger partial charge in [-0.1, -0.05) is 41.4 Å². The molecule has 0 aromatic heterocycles. The van der Waals surface area contributed by atoms with Crippen molar-refractivity contribution in [2.45, 2.75) is 20.0 Å². The molecule has 0 saturated heterocycles. The molecule has 1 amide bonds. The van der Waals surface area contributed by atoms with Crippen molar-refractivity contribution in [1.29, 1.82) is 0 Å². The molecule has 2 rings (SSSR count). The van der Waals surface area contributed by atoms with Gasteiger partial charge in [0.05, 0.1) is 21.8 Å². The van der Waals surface area contributed by atoms with Crippen molar-refractivity contribution >= 4 is 40.9 Å². The van der Waals surface area contributed by atoms with Gasteiger partial charge in [0, 0.05) is 6.08 Å². The van der Waals surface area contributed by atoms with Crippen molar-refractivity contribution in [2.24, 2.45) is 0 Å². The number of carbonyl (C=O) groups excluding carboxylic acids is 1. The summed E-state index contributed by atoms with van der Waals surface area (Å²) in [6, 6.07) is 12.6. The lowest BCUT2D eigenvalue weighted by Crippen LogP contribution is -2.08. The van der Waals surface area contributed by atoms with E-state index in [4.69, 9.17) is 27.9 Å². The predicted octanol–water partition coefficient (Wildman–Crippen LogP) is 5.43. The summed E-state index contributed by atoms with van der Waals surface area (Å²) in [5.41, 5.74) is 1.35. The first-order valence-electron chi connectivity index (χ1n) is 7.15. The van der Waals surface area contributed by atoms with E-state index in [1.165, 1.54) is 6.08 Å². The minimum absolute atomic E-state index is 0.0995. The lowest BCUT2D eigenvalue weighted by atomic mass is 10.2. The summed E-state index contributed by atoms with van der Waals surface area (Å²) < 4.78 is 5.62. The fourth-order valence-corrected chi connectivity index (χ4v) is 2.26. The molecule has 1 N–H and O–H groups in total. The predicted molar refractivity (Wildman–Crippen MR) is 96.3 cm³/mol. The Labute approximate surface area is 145 Å². The second-order valence-corrected chi connectivity index (χ2v) is 5.95. The van der Waals surface area contributed by atoms with Crippen LogP contribution in [0.1, 0.15) is 19.4 Å². The molecule has 0 bridgehead atoms. The first-order valence-corrected chi connectivity index (χ1v) is 7.91. The standard InChI is InChI=1S/C18H17Cl2NO2/c1-12(2)23-14-6-3-5-13(11-14)9-10-17(22)21-16-8-4-7-15(19)18(16)20/h3-12H,1-2H3,(H,21,22)/b10-9+. The lowest BCUT2D eigenvalue weighted by molar-refractivity contribution is -0.111. The quantitative estimate of drug-likeness (QED) is 0.730. The van der Waals surface area contributed by atoms with Gasteiger partial charge in [0.15, 0.2) is 0 Å². The van der Waals surface area contributed by atoms with E-state index in [1.807, 2.05) is 38.1 Å². The van der Waals surface area contributed by atoms with Gasteiger partial charge in [-0.2, -0.15) is 0 Å². The molecule has 0 saturated carbocycles. The number of carbonyl (C=O) groups is 1. The third-order valence-electron chi connectivity index (χ3n) is 2.87. The molecule has 120 valence electrons. The SMILES string of the molecule is CC(C)Oc1cccc(/C=C/C(=O)Nc2cccc(Cl)c2Cl)c1. The van der Waals surface area contributed by atoms with E-state index in [-0.39, 0.29) is 12.0 Å². The Balaban J connectivity index is 2.05. The van der Waals surface area contributed by atoms with Crippen molar-refractivity contribution in [3.8, 4) is 5.75 Å². The first kappa shape index (κ1) is 17.4. The smallest absolute Gasteiger partial charge is 0.248 e. The number of ether oxygens (including phenoxy) is 1. The van der Waals surface area contributed by atoms with Crippen LogP contribution in [-0.4, -0.2) is 12.0 Å². The fourth-order valence-electron chi connectivity index (χ4n) is 1.91. The number of hydrogen-bond donors (Lipinski definition) is 1. The summed E-state index contributed by atoms with van der Waals surface area (Å²) in [6.07, 6.45) is 3.25. The highest BCUT2D eigenvalue weighted by Gasteiger charge is 2.06. The van der Waals surface area contributed by atoms with Crippen LogP contribution in [0, 0.1) is 0 Å². The highest BCUT2D eigenvalue weighted by molar-refractivity contribution is 6.44. The Morgan fingerprint density at radius 3 is 2.65 bits per heavy atom. The third kappa shape index (κ3) is 5.31. The molecule has 3 nitrogen and oxygen atoms in total. The maximum absolute atomic E-state index is 12.0. The molecule has 0 fully saturated rings. The van der Waals surface area contributed by atoms with E-state index in [0.717, 1.165) is 11.3 Å². The average molecular weight is 350 g/mol. The summed E-state index contributed by atoms with van der Waals surface area (Å²) in [7, 11) is 0. The number of nitrogens with one attached hydrogen (secondary N) is 1. The zero-order valence-corrected chi connectivity index (χ0v) is 14.4. The van der Waals surface area contributed by atoms with Gasteiger partial charge in [0.2, 0.25) is 5.91 Å². The van der Waals surface area contributed by atoms with Crippen LogP contribution in [0.3, 0.4) is 0 Å². The van der Waals surface area contributed by atoms with Gasteiger partial charge >= 0.3 is 0 Å². The summed E-state index contributed by atoms with van der Waals surface area (Å²) >= 11 is 12.0. The van der Waals surface area contributed by atoms with Gasteiger partial charge < -0.3 is 10.1 Å². The summed E-state index contributed by atoms with van der Waals surface area (Å²) in [5, 5.41) is 3.41. The molecule has 0 spiro atoms. The molecular weight excluding hydrogens is 333 g/mol. The van der Waals surface area contributed by atoms with Gasteiger partial charge in [-0.15, -0.1) is 0 Å². The van der Waals surface area contributed by atoms with E-state index < -0.39 is 0 Å². The molecule has 0 unspecified atom stereocenters. The second kappa shape index (κ2) is 8.04. The number of hydrogen-bond acceptors (Lipinski definition) is 2. The van der Waals surface area contributed by atoms with E-state index in [2.05, 4.69) is 5.32 Å². The number of anilines is 1. The van der Waals surface area contributed by atoms with Gasteiger partial charge in [-0.25, -0.2) is 0 Å². The van der Waals surface area contributed by atoms with E-state index in [0.29, 0.717) is 15.7 Å². The minimum Gasteiger partial charge on any atom is -0.491 e. The van der Waals surface area contributed by atoms with Crippen LogP contribution in [-0.2, 0) is 4.79 Å². The van der Waals surface area contributed by atoms with Gasteiger partial charge in [0.25, 0.3) is 0 Å². The van der Waals surface area contributed by atoms with Crippen molar-refractivity contribution < 1.29 is 9.53 Å². The van der Waals surface area contributed by atoms with Crippen molar-refractivity contribution in [2.75, 3.05) is 5.32 Å². The molecule has 0 aliphatic rings. The maximum atomic E-state index is 12.0.